The van der Waals surface area contributed by atoms with Gasteiger partial charge in [-0.2, -0.15) is 4.98 Å². The first kappa shape index (κ1) is 16.4. The van der Waals surface area contributed by atoms with Crippen LogP contribution in [-0.4, -0.2) is 47.4 Å². The molecule has 0 radical (unpaired) electrons. The highest BCUT2D eigenvalue weighted by atomic mass is 16.5. The van der Waals surface area contributed by atoms with Crippen molar-refractivity contribution in [1.82, 2.24) is 15.0 Å². The predicted molar refractivity (Wildman–Crippen MR) is 89.7 cm³/mol. The van der Waals surface area contributed by atoms with Crippen LogP contribution in [0.25, 0.3) is 11.4 Å². The third-order valence-corrected chi connectivity index (χ3v) is 4.07. The minimum atomic E-state index is -0.110. The Balaban J connectivity index is 1.67. The highest BCUT2D eigenvalue weighted by molar-refractivity contribution is 5.93. The molecule has 2 heterocycles. The summed E-state index contributed by atoms with van der Waals surface area (Å²) in [6.07, 6.45) is 0.971. The number of nitrogens with zero attached hydrogens (tertiary/aromatic N) is 3. The highest BCUT2D eigenvalue weighted by Crippen LogP contribution is 2.26. The minimum Gasteiger partial charge on any atom is -0.381 e. The lowest BCUT2D eigenvalue weighted by atomic mass is 10.1. The third-order valence-electron chi connectivity index (χ3n) is 4.07. The first-order chi connectivity index (χ1) is 11.7. The van der Waals surface area contributed by atoms with Crippen LogP contribution in [0.15, 0.2) is 28.8 Å². The lowest BCUT2D eigenvalue weighted by molar-refractivity contribution is 0.113. The van der Waals surface area contributed by atoms with Gasteiger partial charge in [0.2, 0.25) is 11.7 Å². The summed E-state index contributed by atoms with van der Waals surface area (Å²) in [5.41, 5.74) is 1.42. The number of likely N-dealkylation sites (tertiary alicyclic amines) is 1. The van der Waals surface area contributed by atoms with Crippen molar-refractivity contribution in [3.8, 4) is 11.4 Å². The van der Waals surface area contributed by atoms with Crippen LogP contribution in [0.5, 0.6) is 0 Å². The molecule has 1 aromatic carbocycles. The Labute approximate surface area is 141 Å². The van der Waals surface area contributed by atoms with E-state index in [-0.39, 0.29) is 6.03 Å². The summed E-state index contributed by atoms with van der Waals surface area (Å²) in [6.45, 7) is 6.60. The van der Waals surface area contributed by atoms with Crippen molar-refractivity contribution in [2.45, 2.75) is 20.3 Å². The average molecular weight is 330 g/mol. The Kier molecular flexibility index (Phi) is 5.10. The van der Waals surface area contributed by atoms with E-state index in [1.165, 1.54) is 0 Å². The van der Waals surface area contributed by atoms with Crippen molar-refractivity contribution in [1.29, 1.82) is 0 Å². The normalized spacial score (nSPS) is 17.2. The monoisotopic (exact) mass is 330 g/mol. The molecule has 0 aliphatic carbocycles. The van der Waals surface area contributed by atoms with Crippen molar-refractivity contribution in [2.75, 3.05) is 31.6 Å². The molecule has 24 heavy (non-hydrogen) atoms. The fraction of sp³-hybridized carbons (Fsp3) is 0.471. The van der Waals surface area contributed by atoms with Crippen molar-refractivity contribution in [3.05, 3.63) is 30.2 Å². The summed E-state index contributed by atoms with van der Waals surface area (Å²) in [4.78, 5) is 18.6. The quantitative estimate of drug-likeness (QED) is 0.911. The number of hydrogen-bond acceptors (Lipinski definition) is 5. The van der Waals surface area contributed by atoms with E-state index in [1.54, 1.807) is 6.92 Å². The number of nitrogens with one attached hydrogen (secondary N) is 1. The fourth-order valence-electron chi connectivity index (χ4n) is 2.83. The Morgan fingerprint density at radius 1 is 1.46 bits per heavy atom. The SMILES string of the molecule is CCOC[C@H]1CCN(C(=O)Nc2ccccc2-c2noc(C)n2)C1. The van der Waals surface area contributed by atoms with Gasteiger partial charge >= 0.3 is 6.03 Å². The van der Waals surface area contributed by atoms with E-state index in [0.717, 1.165) is 25.1 Å². The Hall–Kier alpha value is -2.41. The molecule has 0 spiro atoms. The third kappa shape index (κ3) is 3.73. The number of carbonyl (C=O) groups excluding carboxylic acids is 1. The van der Waals surface area contributed by atoms with Crippen molar-refractivity contribution in [2.24, 2.45) is 5.92 Å². The minimum absolute atomic E-state index is 0.110. The number of urea groups is 1. The smallest absolute Gasteiger partial charge is 0.321 e. The van der Waals surface area contributed by atoms with Crippen LogP contribution in [0.3, 0.4) is 0 Å². The first-order valence-electron chi connectivity index (χ1n) is 8.20. The van der Waals surface area contributed by atoms with Gasteiger partial charge in [0, 0.05) is 38.1 Å². The van der Waals surface area contributed by atoms with Gasteiger partial charge in [0.05, 0.1) is 12.3 Å². The van der Waals surface area contributed by atoms with Gasteiger partial charge in [0.1, 0.15) is 0 Å². The molecule has 1 fully saturated rings. The molecule has 1 aliphatic heterocycles. The number of aromatic nitrogens is 2. The molecule has 1 saturated heterocycles. The molecule has 7 heteroatoms. The molecule has 2 aromatic rings. The van der Waals surface area contributed by atoms with Crippen LogP contribution in [0, 0.1) is 12.8 Å². The molecule has 0 unspecified atom stereocenters. The Morgan fingerprint density at radius 2 is 2.29 bits per heavy atom. The Bertz CT molecular complexity index is 701. The zero-order valence-electron chi connectivity index (χ0n) is 14.0. The van der Waals surface area contributed by atoms with Gasteiger partial charge in [-0.05, 0) is 25.5 Å². The number of carbonyl (C=O) groups is 1. The second-order valence-corrected chi connectivity index (χ2v) is 5.87. The van der Waals surface area contributed by atoms with Crippen molar-refractivity contribution in [3.63, 3.8) is 0 Å². The maximum atomic E-state index is 12.5. The van der Waals surface area contributed by atoms with Crippen LogP contribution in [0.4, 0.5) is 10.5 Å². The summed E-state index contributed by atoms with van der Waals surface area (Å²) in [6, 6.07) is 7.34. The van der Waals surface area contributed by atoms with Crippen LogP contribution in [-0.2, 0) is 4.74 Å². The number of amides is 2. The van der Waals surface area contributed by atoms with E-state index in [2.05, 4.69) is 15.5 Å². The van der Waals surface area contributed by atoms with Gasteiger partial charge in [0.15, 0.2) is 0 Å². The molecule has 1 N–H and O–H groups in total. The molecule has 0 bridgehead atoms. The molecule has 1 aromatic heterocycles. The van der Waals surface area contributed by atoms with Gasteiger partial charge in [-0.1, -0.05) is 17.3 Å². The number of ether oxygens (including phenoxy) is 1. The molecule has 3 rings (SSSR count). The van der Waals surface area contributed by atoms with E-state index < -0.39 is 0 Å². The topological polar surface area (TPSA) is 80.5 Å². The van der Waals surface area contributed by atoms with Crippen LogP contribution < -0.4 is 5.32 Å². The Morgan fingerprint density at radius 3 is 3.04 bits per heavy atom. The number of hydrogen-bond donors (Lipinski definition) is 1. The highest BCUT2D eigenvalue weighted by Gasteiger charge is 2.26. The average Bonchev–Trinajstić information content (AvgIpc) is 3.22. The molecule has 1 aliphatic rings. The largest absolute Gasteiger partial charge is 0.381 e. The molecular formula is C17H22N4O3. The number of aryl methyl sites for hydroxylation is 1. The summed E-state index contributed by atoms with van der Waals surface area (Å²) >= 11 is 0. The lowest BCUT2D eigenvalue weighted by Crippen LogP contribution is -2.33. The van der Waals surface area contributed by atoms with Crippen LogP contribution in [0.2, 0.25) is 0 Å². The zero-order valence-corrected chi connectivity index (χ0v) is 14.0. The van der Waals surface area contributed by atoms with Crippen LogP contribution in [0.1, 0.15) is 19.2 Å². The number of para-hydroxylation sites is 1. The molecular weight excluding hydrogens is 308 g/mol. The second-order valence-electron chi connectivity index (χ2n) is 5.87. The van der Waals surface area contributed by atoms with E-state index in [4.69, 9.17) is 9.26 Å². The second kappa shape index (κ2) is 7.44. The summed E-state index contributed by atoms with van der Waals surface area (Å²) in [7, 11) is 0. The summed E-state index contributed by atoms with van der Waals surface area (Å²) in [5.74, 6) is 1.37. The molecule has 0 saturated carbocycles. The standard InChI is InChI=1S/C17H22N4O3/c1-3-23-11-13-8-9-21(10-13)17(22)19-15-7-5-4-6-14(15)16-18-12(2)24-20-16/h4-7,13H,3,8-11H2,1-2H3,(H,19,22)/t13-/m0/s1. The van der Waals surface area contributed by atoms with Gasteiger partial charge in [-0.25, -0.2) is 4.79 Å². The van der Waals surface area contributed by atoms with E-state index in [1.807, 2.05) is 36.1 Å². The molecule has 7 nitrogen and oxygen atoms in total. The van der Waals surface area contributed by atoms with E-state index in [9.17, 15) is 4.79 Å². The molecule has 2 amide bonds. The summed E-state index contributed by atoms with van der Waals surface area (Å²) in [5, 5.41) is 6.89. The van der Waals surface area contributed by atoms with Crippen LogP contribution >= 0.6 is 0 Å². The first-order valence-corrected chi connectivity index (χ1v) is 8.20. The van der Waals surface area contributed by atoms with E-state index >= 15 is 0 Å². The van der Waals surface area contributed by atoms with Gasteiger partial charge in [-0.15, -0.1) is 0 Å². The molecule has 128 valence electrons. The number of anilines is 1. The zero-order chi connectivity index (χ0) is 16.9. The number of benzene rings is 1. The maximum Gasteiger partial charge on any atom is 0.321 e. The van der Waals surface area contributed by atoms with Crippen molar-refractivity contribution >= 4 is 11.7 Å². The van der Waals surface area contributed by atoms with E-state index in [0.29, 0.717) is 36.5 Å². The van der Waals surface area contributed by atoms with Crippen molar-refractivity contribution < 1.29 is 14.1 Å². The van der Waals surface area contributed by atoms with Gasteiger partial charge in [-0.3, -0.25) is 0 Å². The lowest BCUT2D eigenvalue weighted by Gasteiger charge is -2.18. The van der Waals surface area contributed by atoms with Gasteiger partial charge in [0.25, 0.3) is 0 Å². The predicted octanol–water partition coefficient (Wildman–Crippen LogP) is 2.94. The van der Waals surface area contributed by atoms with Gasteiger partial charge < -0.3 is 19.5 Å². The number of rotatable bonds is 5. The fourth-order valence-corrected chi connectivity index (χ4v) is 2.83. The summed E-state index contributed by atoms with van der Waals surface area (Å²) < 4.78 is 10.5. The maximum absolute atomic E-state index is 12.5. The molecule has 1 atom stereocenters.